The largest absolute Gasteiger partial charge is 0.382 e. The molecule has 2 unspecified atom stereocenters. The Bertz CT molecular complexity index is 684. The zero-order chi connectivity index (χ0) is 22.1. The number of methoxy groups -OCH3 is 2. The first-order valence-electron chi connectivity index (χ1n) is 9.90. The van der Waals surface area contributed by atoms with Crippen LogP contribution in [0.3, 0.4) is 0 Å². The lowest BCUT2D eigenvalue weighted by molar-refractivity contribution is -0.119. The van der Waals surface area contributed by atoms with Gasteiger partial charge in [0.1, 0.15) is 18.0 Å². The molecule has 0 saturated carbocycles. The van der Waals surface area contributed by atoms with E-state index in [9.17, 15) is 14.0 Å². The number of hydrogen-bond acceptors (Lipinski definition) is 7. The number of nitrogens with zero attached hydrogens (tertiary/aromatic N) is 1. The summed E-state index contributed by atoms with van der Waals surface area (Å²) in [6.45, 7) is 5.07. The summed E-state index contributed by atoms with van der Waals surface area (Å²) in [5, 5.41) is 5.30. The standard InChI is InChI=1S/C20H31FN4O5/c1-13-24-19(27)14(7-8-16(26)23-10-6-4-5-9-22)11-25(13)20-17(21)18(29-3)15(30-20)12-28-2/h7-8,11,15,17-18,20H,1,4-6,9-10,12,22H2,2-3H3,(H,23,26)(H,24,27)/b8-7+/t15?,17?,18-,20-/m1/s1. The molecule has 0 aromatic carbocycles. The molecule has 0 spiro atoms. The highest BCUT2D eigenvalue weighted by molar-refractivity contribution is 6.00. The number of halogens is 1. The lowest BCUT2D eigenvalue weighted by Gasteiger charge is -2.33. The molecular weight excluding hydrogens is 395 g/mol. The van der Waals surface area contributed by atoms with E-state index in [0.717, 1.165) is 19.3 Å². The number of carbonyl (C=O) groups excluding carboxylic acids is 2. The number of ether oxygens (including phenoxy) is 3. The second-order valence-electron chi connectivity index (χ2n) is 7.03. The van der Waals surface area contributed by atoms with Gasteiger partial charge in [-0.05, 0) is 25.5 Å². The molecule has 2 rings (SSSR count). The van der Waals surface area contributed by atoms with Crippen molar-refractivity contribution in [3.63, 3.8) is 0 Å². The van der Waals surface area contributed by atoms with Crippen LogP contribution >= 0.6 is 0 Å². The maximum atomic E-state index is 14.9. The molecule has 0 bridgehead atoms. The molecule has 2 heterocycles. The molecule has 0 aromatic heterocycles. The molecule has 168 valence electrons. The van der Waals surface area contributed by atoms with Crippen molar-refractivity contribution in [2.45, 2.75) is 43.9 Å². The van der Waals surface area contributed by atoms with E-state index in [4.69, 9.17) is 19.9 Å². The summed E-state index contributed by atoms with van der Waals surface area (Å²) in [5.41, 5.74) is 5.60. The van der Waals surface area contributed by atoms with Crippen LogP contribution in [0.2, 0.25) is 0 Å². The lowest BCUT2D eigenvalue weighted by atomic mass is 10.1. The summed E-state index contributed by atoms with van der Waals surface area (Å²) < 4.78 is 31.0. The van der Waals surface area contributed by atoms with Crippen molar-refractivity contribution in [3.05, 3.63) is 36.3 Å². The van der Waals surface area contributed by atoms with Gasteiger partial charge in [-0.1, -0.05) is 13.0 Å². The molecule has 9 nitrogen and oxygen atoms in total. The molecule has 4 N–H and O–H groups in total. The molecule has 0 radical (unpaired) electrons. The predicted molar refractivity (Wildman–Crippen MR) is 108 cm³/mol. The molecule has 10 heteroatoms. The Hall–Kier alpha value is -2.27. The van der Waals surface area contributed by atoms with Gasteiger partial charge in [0.15, 0.2) is 12.4 Å². The Balaban J connectivity index is 2.04. The molecule has 1 saturated heterocycles. The van der Waals surface area contributed by atoms with Gasteiger partial charge < -0.3 is 35.5 Å². The minimum absolute atomic E-state index is 0.157. The number of nitrogens with one attached hydrogen (secondary N) is 2. The summed E-state index contributed by atoms with van der Waals surface area (Å²) in [4.78, 5) is 25.6. The van der Waals surface area contributed by atoms with Crippen LogP contribution in [0.15, 0.2) is 36.3 Å². The quantitative estimate of drug-likeness (QED) is 0.321. The van der Waals surface area contributed by atoms with Crippen LogP contribution in [0.5, 0.6) is 0 Å². The third kappa shape index (κ3) is 6.11. The van der Waals surface area contributed by atoms with Gasteiger partial charge in [-0.15, -0.1) is 0 Å². The van der Waals surface area contributed by atoms with Crippen LogP contribution in [0.1, 0.15) is 19.3 Å². The number of amides is 2. The zero-order valence-electron chi connectivity index (χ0n) is 17.4. The van der Waals surface area contributed by atoms with Crippen LogP contribution in [0, 0.1) is 0 Å². The van der Waals surface area contributed by atoms with Crippen molar-refractivity contribution < 1.29 is 28.2 Å². The fourth-order valence-electron chi connectivity index (χ4n) is 3.28. The fourth-order valence-corrected chi connectivity index (χ4v) is 3.28. The molecule has 4 atom stereocenters. The first-order chi connectivity index (χ1) is 14.4. The van der Waals surface area contributed by atoms with E-state index in [2.05, 4.69) is 17.2 Å². The fraction of sp³-hybridized carbons (Fsp3) is 0.600. The van der Waals surface area contributed by atoms with Crippen LogP contribution in [0.4, 0.5) is 4.39 Å². The second kappa shape index (κ2) is 11.8. The Morgan fingerprint density at radius 3 is 2.87 bits per heavy atom. The van der Waals surface area contributed by atoms with Crippen molar-refractivity contribution >= 4 is 11.8 Å². The van der Waals surface area contributed by atoms with Crippen LogP contribution in [-0.4, -0.2) is 75.2 Å². The Morgan fingerprint density at radius 1 is 1.43 bits per heavy atom. The van der Waals surface area contributed by atoms with Crippen molar-refractivity contribution in [2.75, 3.05) is 33.9 Å². The zero-order valence-corrected chi connectivity index (χ0v) is 17.4. The monoisotopic (exact) mass is 426 g/mol. The van der Waals surface area contributed by atoms with Crippen LogP contribution in [0.25, 0.3) is 0 Å². The first-order valence-corrected chi connectivity index (χ1v) is 9.90. The van der Waals surface area contributed by atoms with E-state index in [1.807, 2.05) is 0 Å². The molecule has 2 aliphatic rings. The molecular formula is C20H31FN4O5. The van der Waals surface area contributed by atoms with Gasteiger partial charge >= 0.3 is 0 Å². The molecule has 0 aliphatic carbocycles. The minimum atomic E-state index is -1.50. The van der Waals surface area contributed by atoms with Gasteiger partial charge in [-0.3, -0.25) is 9.59 Å². The maximum Gasteiger partial charge on any atom is 0.258 e. The Kier molecular flexibility index (Phi) is 9.44. The summed E-state index contributed by atoms with van der Waals surface area (Å²) in [7, 11) is 2.89. The number of nitrogens with two attached hydrogens (primary N) is 1. The third-order valence-electron chi connectivity index (χ3n) is 4.85. The average Bonchev–Trinajstić information content (AvgIpc) is 3.02. The SMILES string of the molecule is C=C1NC(=O)C(/C=C/C(=O)NCCCCCN)=CN1[C@@H]1OC(COC)[C@@H](OC)C1F. The Morgan fingerprint density at radius 2 is 2.20 bits per heavy atom. The van der Waals surface area contributed by atoms with E-state index >= 15 is 0 Å². The average molecular weight is 426 g/mol. The van der Waals surface area contributed by atoms with Crippen molar-refractivity contribution in [1.82, 2.24) is 15.5 Å². The molecule has 2 aliphatic heterocycles. The van der Waals surface area contributed by atoms with Gasteiger partial charge in [0, 0.05) is 33.0 Å². The maximum absolute atomic E-state index is 14.9. The smallest absolute Gasteiger partial charge is 0.258 e. The highest BCUT2D eigenvalue weighted by Crippen LogP contribution is 2.31. The molecule has 1 fully saturated rings. The normalized spacial score (nSPS) is 26.8. The van der Waals surface area contributed by atoms with Gasteiger partial charge in [-0.2, -0.15) is 0 Å². The van der Waals surface area contributed by atoms with E-state index in [0.29, 0.717) is 13.1 Å². The number of alkyl halides is 1. The highest BCUT2D eigenvalue weighted by Gasteiger charge is 2.48. The predicted octanol–water partition coefficient (Wildman–Crippen LogP) is 0.299. The van der Waals surface area contributed by atoms with E-state index in [1.54, 1.807) is 0 Å². The third-order valence-corrected chi connectivity index (χ3v) is 4.85. The van der Waals surface area contributed by atoms with Crippen molar-refractivity contribution in [1.29, 1.82) is 0 Å². The van der Waals surface area contributed by atoms with Crippen molar-refractivity contribution in [3.8, 4) is 0 Å². The lowest BCUT2D eigenvalue weighted by Crippen LogP contribution is -2.46. The minimum Gasteiger partial charge on any atom is -0.382 e. The summed E-state index contributed by atoms with van der Waals surface area (Å²) in [5.74, 6) is -0.608. The second-order valence-corrected chi connectivity index (χ2v) is 7.03. The summed E-state index contributed by atoms with van der Waals surface area (Å²) in [6.07, 6.45) is 2.72. The Labute approximate surface area is 176 Å². The summed E-state index contributed by atoms with van der Waals surface area (Å²) >= 11 is 0. The van der Waals surface area contributed by atoms with Crippen LogP contribution < -0.4 is 16.4 Å². The van der Waals surface area contributed by atoms with Crippen LogP contribution in [-0.2, 0) is 23.8 Å². The number of unbranched alkanes of at least 4 members (excludes halogenated alkanes) is 2. The topological polar surface area (TPSA) is 115 Å². The number of carbonyl (C=O) groups is 2. The highest BCUT2D eigenvalue weighted by atomic mass is 19.1. The van der Waals surface area contributed by atoms with Gasteiger partial charge in [0.2, 0.25) is 5.91 Å². The molecule has 30 heavy (non-hydrogen) atoms. The molecule has 0 aromatic rings. The number of rotatable bonds is 11. The first kappa shape index (κ1) is 24.0. The van der Waals surface area contributed by atoms with Crippen molar-refractivity contribution in [2.24, 2.45) is 5.73 Å². The van der Waals surface area contributed by atoms with E-state index in [1.165, 1.54) is 37.5 Å². The van der Waals surface area contributed by atoms with Gasteiger partial charge in [-0.25, -0.2) is 4.39 Å². The van der Waals surface area contributed by atoms with E-state index < -0.39 is 30.5 Å². The number of hydrogen-bond donors (Lipinski definition) is 3. The van der Waals surface area contributed by atoms with Gasteiger partial charge in [0.25, 0.3) is 5.91 Å². The van der Waals surface area contributed by atoms with E-state index in [-0.39, 0.29) is 23.9 Å². The van der Waals surface area contributed by atoms with Gasteiger partial charge in [0.05, 0.1) is 12.2 Å². The molecule has 2 amide bonds. The summed E-state index contributed by atoms with van der Waals surface area (Å²) in [6, 6.07) is 0.